The number of hydrogen-bond donors (Lipinski definition) is 1. The van der Waals surface area contributed by atoms with Gasteiger partial charge in [0.2, 0.25) is 0 Å². The Morgan fingerprint density at radius 1 is 0.745 bits per heavy atom. The minimum atomic E-state index is -0.0315. The minimum Gasteiger partial charge on any atom is -0.381 e. The van der Waals surface area contributed by atoms with E-state index in [0.29, 0.717) is 29.9 Å². The Kier molecular flexibility index (Phi) is 8.98. The van der Waals surface area contributed by atoms with Crippen LogP contribution in [0.5, 0.6) is 0 Å². The van der Waals surface area contributed by atoms with Crippen molar-refractivity contribution >= 4 is 32.7 Å². The third kappa shape index (κ3) is 6.67. The molecule has 4 nitrogen and oxygen atoms in total. The third-order valence-corrected chi connectivity index (χ3v) is 11.6. The van der Waals surface area contributed by atoms with Crippen molar-refractivity contribution in [3.63, 3.8) is 0 Å². The first-order valence-electron chi connectivity index (χ1n) is 19.6. The second-order valence-electron chi connectivity index (χ2n) is 15.8. The summed E-state index contributed by atoms with van der Waals surface area (Å²) >= 11 is 0. The van der Waals surface area contributed by atoms with Crippen LogP contribution in [0.15, 0.2) is 164 Å². The van der Waals surface area contributed by atoms with E-state index in [-0.39, 0.29) is 5.54 Å². The fourth-order valence-corrected chi connectivity index (χ4v) is 8.74. The van der Waals surface area contributed by atoms with E-state index in [9.17, 15) is 0 Å². The lowest BCUT2D eigenvalue weighted by Crippen LogP contribution is -2.45. The van der Waals surface area contributed by atoms with Gasteiger partial charge < -0.3 is 5.32 Å². The number of allylic oxidation sites excluding steroid dienone is 8. The minimum absolute atomic E-state index is 0.0315. The van der Waals surface area contributed by atoms with Crippen LogP contribution >= 0.6 is 0 Å². The number of nitrogens with zero attached hydrogens (tertiary/aromatic N) is 3. The molecular weight excluding hydrogens is 669 g/mol. The van der Waals surface area contributed by atoms with Gasteiger partial charge in [0.05, 0.1) is 5.54 Å². The Labute approximate surface area is 324 Å². The van der Waals surface area contributed by atoms with Crippen molar-refractivity contribution in [2.24, 2.45) is 11.8 Å². The molecule has 1 aromatic heterocycles. The predicted molar refractivity (Wildman–Crippen MR) is 230 cm³/mol. The van der Waals surface area contributed by atoms with Gasteiger partial charge in [-0.1, -0.05) is 147 Å². The average molecular weight is 715 g/mol. The van der Waals surface area contributed by atoms with E-state index >= 15 is 0 Å². The van der Waals surface area contributed by atoms with Crippen LogP contribution in [0.4, 0.5) is 0 Å². The van der Waals surface area contributed by atoms with Gasteiger partial charge in [-0.05, 0) is 105 Å². The Bertz CT molecular complexity index is 2640. The summed E-state index contributed by atoms with van der Waals surface area (Å²) in [6, 6.07) is 36.8. The molecule has 3 aliphatic rings. The van der Waals surface area contributed by atoms with Crippen LogP contribution < -0.4 is 5.32 Å². The smallest absolute Gasteiger partial charge is 0.164 e. The molecule has 0 radical (unpaired) electrons. The highest BCUT2D eigenvalue weighted by Gasteiger charge is 2.33. The van der Waals surface area contributed by atoms with Crippen molar-refractivity contribution < 1.29 is 0 Å². The Hall–Kier alpha value is -6.13. The second kappa shape index (κ2) is 14.3. The fraction of sp³-hybridized carbons (Fsp3) is 0.196. The number of rotatable bonds is 8. The summed E-state index contributed by atoms with van der Waals surface area (Å²) in [5.41, 5.74) is 10.7. The van der Waals surface area contributed by atoms with Crippen LogP contribution in [-0.2, 0) is 6.42 Å². The molecule has 0 amide bonds. The standard InChI is InChI=1S/C51H46N4/c1-5-12-37-27-33(2)20-26-44(37)42-15-8-7-14-39(42)30-48-53-49(36-23-21-35(22-24-36)40-28-41-25-19-34(3)31-51(41,4)52-32-40)55-50(54-48)47-29-38-13-6-9-16-43(38)45-17-10-11-18-46(45)47/h5-11,13-26,28-29,32-34,52H,1,12,27,30-31H2,2-4H3. The molecule has 270 valence electrons. The zero-order chi connectivity index (χ0) is 37.5. The van der Waals surface area contributed by atoms with Gasteiger partial charge in [0, 0.05) is 23.7 Å². The normalized spacial score (nSPS) is 20.6. The van der Waals surface area contributed by atoms with Crippen LogP contribution in [0.1, 0.15) is 62.5 Å². The molecule has 5 aromatic carbocycles. The first kappa shape index (κ1) is 34.6. The SMILES string of the molecule is C=CCC1=C(c2ccccc2Cc2nc(-c3ccc(C4=CNC5(C)CC(C)C=CC5=C4)cc3)nc(-c3cc4ccccc4c4ccccc34)n2)C=CC(C)C1. The molecule has 2 heterocycles. The molecule has 0 saturated carbocycles. The number of aromatic nitrogens is 3. The number of nitrogens with one attached hydrogen (secondary N) is 1. The number of benzene rings is 5. The quantitative estimate of drug-likeness (QED) is 0.126. The van der Waals surface area contributed by atoms with Crippen LogP contribution in [0.25, 0.3) is 55.5 Å². The van der Waals surface area contributed by atoms with E-state index in [2.05, 4.69) is 172 Å². The molecule has 6 aromatic rings. The van der Waals surface area contributed by atoms with Crippen molar-refractivity contribution in [2.75, 3.05) is 0 Å². The molecular formula is C51H46N4. The third-order valence-electron chi connectivity index (χ3n) is 11.6. The average Bonchev–Trinajstić information content (AvgIpc) is 3.20. The number of hydrogen-bond acceptors (Lipinski definition) is 4. The summed E-state index contributed by atoms with van der Waals surface area (Å²) in [6.07, 6.45) is 19.3. The van der Waals surface area contributed by atoms with Gasteiger partial charge in [0.25, 0.3) is 0 Å². The van der Waals surface area contributed by atoms with Gasteiger partial charge >= 0.3 is 0 Å². The summed E-state index contributed by atoms with van der Waals surface area (Å²) in [7, 11) is 0. The summed E-state index contributed by atoms with van der Waals surface area (Å²) < 4.78 is 0. The van der Waals surface area contributed by atoms with Crippen LogP contribution in [0.3, 0.4) is 0 Å². The van der Waals surface area contributed by atoms with Gasteiger partial charge in [-0.3, -0.25) is 0 Å². The largest absolute Gasteiger partial charge is 0.381 e. The Morgan fingerprint density at radius 3 is 2.29 bits per heavy atom. The van der Waals surface area contributed by atoms with Crippen molar-refractivity contribution in [2.45, 2.75) is 52.0 Å². The molecule has 55 heavy (non-hydrogen) atoms. The van der Waals surface area contributed by atoms with Crippen molar-refractivity contribution in [3.05, 3.63) is 186 Å². The van der Waals surface area contributed by atoms with Crippen molar-refractivity contribution in [3.8, 4) is 22.8 Å². The Morgan fingerprint density at radius 2 is 1.45 bits per heavy atom. The molecule has 0 saturated heterocycles. The topological polar surface area (TPSA) is 50.7 Å². The lowest BCUT2D eigenvalue weighted by Gasteiger charge is -2.39. The molecule has 3 unspecified atom stereocenters. The lowest BCUT2D eigenvalue weighted by atomic mass is 9.76. The maximum absolute atomic E-state index is 5.27. The zero-order valence-electron chi connectivity index (χ0n) is 31.9. The van der Waals surface area contributed by atoms with Crippen LogP contribution in [-0.4, -0.2) is 20.5 Å². The molecule has 4 heteroatoms. The first-order valence-corrected chi connectivity index (χ1v) is 19.6. The number of dihydropyridines is 1. The van der Waals surface area contributed by atoms with Gasteiger partial charge in [0.1, 0.15) is 5.82 Å². The highest BCUT2D eigenvalue weighted by atomic mass is 15.0. The number of fused-ring (bicyclic) bond motifs is 4. The maximum Gasteiger partial charge on any atom is 0.164 e. The Balaban J connectivity index is 1.16. The lowest BCUT2D eigenvalue weighted by molar-refractivity contribution is 0.384. The summed E-state index contributed by atoms with van der Waals surface area (Å²) in [5, 5.41) is 8.42. The molecule has 0 fully saturated rings. The second-order valence-corrected chi connectivity index (χ2v) is 15.8. The maximum atomic E-state index is 5.27. The van der Waals surface area contributed by atoms with E-state index in [1.165, 1.54) is 44.2 Å². The molecule has 2 aliphatic carbocycles. The van der Waals surface area contributed by atoms with Crippen molar-refractivity contribution in [1.29, 1.82) is 0 Å². The van der Waals surface area contributed by atoms with E-state index < -0.39 is 0 Å². The summed E-state index contributed by atoms with van der Waals surface area (Å²) in [5.74, 6) is 3.17. The first-order chi connectivity index (χ1) is 26.8. The molecule has 0 bridgehead atoms. The molecule has 1 aliphatic heterocycles. The highest BCUT2D eigenvalue weighted by Crippen LogP contribution is 2.39. The fourth-order valence-electron chi connectivity index (χ4n) is 8.74. The van der Waals surface area contributed by atoms with Crippen LogP contribution in [0, 0.1) is 11.8 Å². The van der Waals surface area contributed by atoms with E-state index in [0.717, 1.165) is 52.5 Å². The zero-order valence-corrected chi connectivity index (χ0v) is 31.9. The van der Waals surface area contributed by atoms with Gasteiger partial charge in [-0.2, -0.15) is 0 Å². The summed E-state index contributed by atoms with van der Waals surface area (Å²) in [6.45, 7) is 10.9. The van der Waals surface area contributed by atoms with E-state index in [4.69, 9.17) is 15.0 Å². The van der Waals surface area contributed by atoms with Gasteiger partial charge in [-0.15, -0.1) is 6.58 Å². The van der Waals surface area contributed by atoms with E-state index in [1.807, 2.05) is 6.08 Å². The monoisotopic (exact) mass is 714 g/mol. The molecule has 0 spiro atoms. The summed E-state index contributed by atoms with van der Waals surface area (Å²) in [4.78, 5) is 15.7. The molecule has 1 N–H and O–H groups in total. The van der Waals surface area contributed by atoms with Crippen molar-refractivity contribution in [1.82, 2.24) is 20.3 Å². The van der Waals surface area contributed by atoms with E-state index in [1.54, 1.807) is 0 Å². The van der Waals surface area contributed by atoms with Crippen LogP contribution in [0.2, 0.25) is 0 Å². The van der Waals surface area contributed by atoms with Gasteiger partial charge in [-0.25, -0.2) is 15.0 Å². The molecule has 3 atom stereocenters. The predicted octanol–water partition coefficient (Wildman–Crippen LogP) is 12.3. The highest BCUT2D eigenvalue weighted by molar-refractivity contribution is 6.13. The molecule has 9 rings (SSSR count). The van der Waals surface area contributed by atoms with Gasteiger partial charge in [0.15, 0.2) is 11.6 Å².